The van der Waals surface area contributed by atoms with Crippen molar-refractivity contribution in [3.05, 3.63) is 7.11 Å². The van der Waals surface area contributed by atoms with Crippen molar-refractivity contribution in [3.8, 4) is 0 Å². The third-order valence-corrected chi connectivity index (χ3v) is 1.47. The van der Waals surface area contributed by atoms with Crippen molar-refractivity contribution in [1.29, 1.82) is 0 Å². The SMILES string of the molecule is [CH2]OC(C)C(C)(C)C. The molecule has 0 aromatic heterocycles. The summed E-state index contributed by atoms with van der Waals surface area (Å²) in [5.74, 6) is 0. The largest absolute Gasteiger partial charge is 0.376 e. The van der Waals surface area contributed by atoms with Crippen LogP contribution in [0.4, 0.5) is 0 Å². The Morgan fingerprint density at radius 3 is 1.75 bits per heavy atom. The van der Waals surface area contributed by atoms with Crippen molar-refractivity contribution in [2.75, 3.05) is 0 Å². The van der Waals surface area contributed by atoms with Crippen molar-refractivity contribution in [2.45, 2.75) is 33.8 Å². The summed E-state index contributed by atoms with van der Waals surface area (Å²) in [5, 5.41) is 0. The molecule has 1 heteroatoms. The van der Waals surface area contributed by atoms with Crippen LogP contribution in [0, 0.1) is 12.5 Å². The molecule has 0 saturated carbocycles. The summed E-state index contributed by atoms with van der Waals surface area (Å²) in [6.45, 7) is 8.40. The Labute approximate surface area is 52.0 Å². The van der Waals surface area contributed by atoms with Gasteiger partial charge in [-0.2, -0.15) is 0 Å². The molecule has 0 heterocycles. The Morgan fingerprint density at radius 1 is 1.38 bits per heavy atom. The van der Waals surface area contributed by atoms with E-state index >= 15 is 0 Å². The second-order valence-corrected chi connectivity index (χ2v) is 3.17. The van der Waals surface area contributed by atoms with Crippen LogP contribution in [0.1, 0.15) is 27.7 Å². The van der Waals surface area contributed by atoms with Gasteiger partial charge < -0.3 is 4.74 Å². The lowest BCUT2D eigenvalue weighted by Gasteiger charge is -2.25. The highest BCUT2D eigenvalue weighted by Crippen LogP contribution is 2.20. The van der Waals surface area contributed by atoms with Crippen molar-refractivity contribution < 1.29 is 4.74 Å². The maximum absolute atomic E-state index is 4.86. The Kier molecular flexibility index (Phi) is 2.48. The Balaban J connectivity index is 3.62. The molecule has 0 N–H and O–H groups in total. The summed E-state index contributed by atoms with van der Waals surface area (Å²) in [6.07, 6.45) is 0.238. The maximum Gasteiger partial charge on any atom is 0.0704 e. The molecule has 0 spiro atoms. The fraction of sp³-hybridized carbons (Fsp3) is 0.857. The lowest BCUT2D eigenvalue weighted by atomic mass is 9.90. The first-order chi connectivity index (χ1) is 3.48. The molecule has 0 aliphatic heterocycles. The number of rotatable bonds is 1. The van der Waals surface area contributed by atoms with Crippen LogP contribution in [0.5, 0.6) is 0 Å². The first-order valence-corrected chi connectivity index (χ1v) is 2.89. The molecule has 0 saturated heterocycles. The predicted octanol–water partition coefficient (Wildman–Crippen LogP) is 2.23. The van der Waals surface area contributed by atoms with Crippen molar-refractivity contribution in [2.24, 2.45) is 5.41 Å². The zero-order valence-corrected chi connectivity index (χ0v) is 6.19. The lowest BCUT2D eigenvalue weighted by Crippen LogP contribution is -2.23. The molecule has 8 heavy (non-hydrogen) atoms. The van der Waals surface area contributed by atoms with Gasteiger partial charge >= 0.3 is 0 Å². The number of hydrogen-bond donors (Lipinski definition) is 0. The van der Waals surface area contributed by atoms with Gasteiger partial charge in [-0.05, 0) is 12.3 Å². The van der Waals surface area contributed by atoms with E-state index in [4.69, 9.17) is 4.74 Å². The molecule has 1 radical (unpaired) electrons. The second-order valence-electron chi connectivity index (χ2n) is 3.17. The fourth-order valence-electron chi connectivity index (χ4n) is 0.250. The number of ether oxygens (including phenoxy) is 1. The standard InChI is InChI=1S/C7H15O/c1-6(8-5)7(2,3)4/h6H,5H2,1-4H3. The maximum atomic E-state index is 4.86. The first kappa shape index (κ1) is 7.96. The molecule has 0 bridgehead atoms. The third-order valence-electron chi connectivity index (χ3n) is 1.47. The van der Waals surface area contributed by atoms with E-state index in [0.29, 0.717) is 0 Å². The normalized spacial score (nSPS) is 16.1. The van der Waals surface area contributed by atoms with Gasteiger partial charge in [0.25, 0.3) is 0 Å². The summed E-state index contributed by atoms with van der Waals surface area (Å²) in [7, 11) is 3.35. The van der Waals surface area contributed by atoms with E-state index in [1.54, 1.807) is 0 Å². The van der Waals surface area contributed by atoms with Crippen LogP contribution in [0.25, 0.3) is 0 Å². The summed E-state index contributed by atoms with van der Waals surface area (Å²) < 4.78 is 4.86. The molecule has 0 aromatic carbocycles. The van der Waals surface area contributed by atoms with E-state index in [1.807, 2.05) is 6.92 Å². The molecule has 1 nitrogen and oxygen atoms in total. The van der Waals surface area contributed by atoms with Crippen LogP contribution < -0.4 is 0 Å². The second kappa shape index (κ2) is 2.49. The van der Waals surface area contributed by atoms with E-state index in [-0.39, 0.29) is 11.5 Å². The van der Waals surface area contributed by atoms with Gasteiger partial charge in [-0.15, -0.1) is 0 Å². The molecular weight excluding hydrogens is 100 g/mol. The molecular formula is C7H15O. The third kappa shape index (κ3) is 2.31. The Bertz CT molecular complexity index is 61.3. The number of hydrogen-bond acceptors (Lipinski definition) is 1. The molecule has 0 amide bonds. The fourth-order valence-corrected chi connectivity index (χ4v) is 0.250. The van der Waals surface area contributed by atoms with E-state index in [2.05, 4.69) is 27.9 Å². The summed E-state index contributed by atoms with van der Waals surface area (Å²) in [5.41, 5.74) is 0.224. The average molecular weight is 115 g/mol. The summed E-state index contributed by atoms with van der Waals surface area (Å²) in [6, 6.07) is 0. The first-order valence-electron chi connectivity index (χ1n) is 2.89. The molecule has 0 fully saturated rings. The average Bonchev–Trinajstić information content (AvgIpc) is 1.62. The van der Waals surface area contributed by atoms with Gasteiger partial charge in [-0.25, -0.2) is 0 Å². The van der Waals surface area contributed by atoms with Crippen molar-refractivity contribution in [3.63, 3.8) is 0 Å². The van der Waals surface area contributed by atoms with Crippen molar-refractivity contribution >= 4 is 0 Å². The van der Waals surface area contributed by atoms with Gasteiger partial charge in [0.05, 0.1) is 13.2 Å². The van der Waals surface area contributed by atoms with E-state index < -0.39 is 0 Å². The van der Waals surface area contributed by atoms with E-state index in [0.717, 1.165) is 0 Å². The minimum atomic E-state index is 0.224. The molecule has 0 aliphatic rings. The van der Waals surface area contributed by atoms with Gasteiger partial charge in [-0.3, -0.25) is 0 Å². The van der Waals surface area contributed by atoms with Crippen LogP contribution in [-0.2, 0) is 4.74 Å². The van der Waals surface area contributed by atoms with Gasteiger partial charge in [-0.1, -0.05) is 20.8 Å². The van der Waals surface area contributed by atoms with E-state index in [1.165, 1.54) is 0 Å². The monoisotopic (exact) mass is 115 g/mol. The van der Waals surface area contributed by atoms with Gasteiger partial charge in [0.2, 0.25) is 0 Å². The lowest BCUT2D eigenvalue weighted by molar-refractivity contribution is 0.0568. The smallest absolute Gasteiger partial charge is 0.0704 e. The molecule has 1 unspecified atom stereocenters. The summed E-state index contributed by atoms with van der Waals surface area (Å²) in [4.78, 5) is 0. The molecule has 0 aliphatic carbocycles. The topological polar surface area (TPSA) is 9.23 Å². The Hall–Kier alpha value is -0.0400. The zero-order chi connectivity index (χ0) is 6.78. The minimum Gasteiger partial charge on any atom is -0.376 e. The van der Waals surface area contributed by atoms with Gasteiger partial charge in [0, 0.05) is 0 Å². The minimum absolute atomic E-state index is 0.224. The van der Waals surface area contributed by atoms with Crippen LogP contribution in [0.15, 0.2) is 0 Å². The van der Waals surface area contributed by atoms with Crippen LogP contribution in [0.3, 0.4) is 0 Å². The molecule has 0 aromatic rings. The molecule has 1 atom stereocenters. The predicted molar refractivity (Wildman–Crippen MR) is 35.4 cm³/mol. The zero-order valence-electron chi connectivity index (χ0n) is 6.19. The van der Waals surface area contributed by atoms with Gasteiger partial charge in [0.1, 0.15) is 0 Å². The highest BCUT2D eigenvalue weighted by Gasteiger charge is 2.18. The van der Waals surface area contributed by atoms with Crippen molar-refractivity contribution in [1.82, 2.24) is 0 Å². The summed E-state index contributed by atoms with van der Waals surface area (Å²) >= 11 is 0. The quantitative estimate of drug-likeness (QED) is 0.509. The highest BCUT2D eigenvalue weighted by molar-refractivity contribution is 4.68. The van der Waals surface area contributed by atoms with E-state index in [9.17, 15) is 0 Å². The molecule has 49 valence electrons. The molecule has 0 rings (SSSR count). The van der Waals surface area contributed by atoms with Crippen LogP contribution in [-0.4, -0.2) is 6.10 Å². The van der Waals surface area contributed by atoms with Gasteiger partial charge in [0.15, 0.2) is 0 Å². The Morgan fingerprint density at radius 2 is 1.75 bits per heavy atom. The highest BCUT2D eigenvalue weighted by atomic mass is 16.5. The van der Waals surface area contributed by atoms with Crippen LogP contribution >= 0.6 is 0 Å². The van der Waals surface area contributed by atoms with Crippen LogP contribution in [0.2, 0.25) is 0 Å².